The quantitative estimate of drug-likeness (QED) is 0.306. The van der Waals surface area contributed by atoms with E-state index in [1.165, 1.54) is 0 Å². The molecule has 3 aromatic carbocycles. The molecule has 0 aliphatic rings. The first-order valence-electron chi connectivity index (χ1n) is 10.2. The number of hydrogen-bond donors (Lipinski definition) is 0. The van der Waals surface area contributed by atoms with Crippen molar-refractivity contribution in [2.24, 2.45) is 5.92 Å². The zero-order valence-electron chi connectivity index (χ0n) is 17.7. The lowest BCUT2D eigenvalue weighted by atomic mass is 9.83. The number of ketones is 2. The van der Waals surface area contributed by atoms with Crippen molar-refractivity contribution in [2.45, 2.75) is 25.6 Å². The summed E-state index contributed by atoms with van der Waals surface area (Å²) in [7, 11) is 0. The molecule has 0 aliphatic carbocycles. The van der Waals surface area contributed by atoms with Crippen molar-refractivity contribution in [3.8, 4) is 0 Å². The summed E-state index contributed by atoms with van der Waals surface area (Å²) >= 11 is 0. The highest BCUT2D eigenvalue weighted by molar-refractivity contribution is 6.04. The molecule has 3 rings (SSSR count). The average molecular weight is 454 g/mol. The molecule has 0 heterocycles. The maximum Gasteiger partial charge on any atom is 0.416 e. The Morgan fingerprint density at radius 3 is 1.79 bits per heavy atom. The lowest BCUT2D eigenvalue weighted by Crippen LogP contribution is -2.28. The molecule has 7 heteroatoms. The van der Waals surface area contributed by atoms with Gasteiger partial charge in [0.25, 0.3) is 0 Å². The number of benzene rings is 3. The fraction of sp³-hybridized carbons (Fsp3) is 0.192. The Bertz CT molecular complexity index is 1110. The molecule has 0 saturated heterocycles. The second kappa shape index (κ2) is 10.3. The zero-order valence-corrected chi connectivity index (χ0v) is 17.7. The zero-order chi connectivity index (χ0) is 24.0. The van der Waals surface area contributed by atoms with E-state index < -0.39 is 35.5 Å². The number of halogens is 3. The van der Waals surface area contributed by atoms with Crippen LogP contribution in [0.1, 0.15) is 51.3 Å². The van der Waals surface area contributed by atoms with E-state index in [-0.39, 0.29) is 17.8 Å². The molecule has 0 bridgehead atoms. The molecule has 33 heavy (non-hydrogen) atoms. The Morgan fingerprint density at radius 1 is 0.788 bits per heavy atom. The van der Waals surface area contributed by atoms with Crippen LogP contribution in [0.4, 0.5) is 13.2 Å². The number of carbonyl (C=O) groups is 3. The van der Waals surface area contributed by atoms with Crippen molar-refractivity contribution < 1.29 is 32.3 Å². The summed E-state index contributed by atoms with van der Waals surface area (Å²) in [6.07, 6.45) is -6.08. The third kappa shape index (κ3) is 6.16. The smallest absolute Gasteiger partial charge is 0.416 e. The highest BCUT2D eigenvalue weighted by Gasteiger charge is 2.36. The van der Waals surface area contributed by atoms with Crippen LogP contribution in [0.25, 0.3) is 0 Å². The molecule has 2 atom stereocenters. The SMILES string of the molecule is CC(=O)OC(c1ccc(C(F)(F)F)cc1)C(CC(=O)c1ccccc1)C(=O)c1ccccc1. The van der Waals surface area contributed by atoms with E-state index in [1.54, 1.807) is 60.7 Å². The molecule has 4 nitrogen and oxygen atoms in total. The van der Waals surface area contributed by atoms with Gasteiger partial charge < -0.3 is 4.74 Å². The van der Waals surface area contributed by atoms with Crippen LogP contribution in [0.5, 0.6) is 0 Å². The van der Waals surface area contributed by atoms with Crippen LogP contribution in [0.3, 0.4) is 0 Å². The summed E-state index contributed by atoms with van der Waals surface area (Å²) in [5, 5.41) is 0. The van der Waals surface area contributed by atoms with Gasteiger partial charge in [0.2, 0.25) is 0 Å². The minimum absolute atomic E-state index is 0.188. The van der Waals surface area contributed by atoms with Crippen LogP contribution in [0, 0.1) is 5.92 Å². The first kappa shape index (κ1) is 23.9. The second-order valence-electron chi connectivity index (χ2n) is 7.48. The van der Waals surface area contributed by atoms with Crippen molar-refractivity contribution in [1.29, 1.82) is 0 Å². The Morgan fingerprint density at radius 2 is 1.30 bits per heavy atom. The molecule has 2 unspecified atom stereocenters. The third-order valence-corrected chi connectivity index (χ3v) is 5.12. The van der Waals surface area contributed by atoms with Gasteiger partial charge in [0.15, 0.2) is 11.6 Å². The van der Waals surface area contributed by atoms with Crippen molar-refractivity contribution >= 4 is 17.5 Å². The fourth-order valence-electron chi connectivity index (χ4n) is 3.52. The third-order valence-electron chi connectivity index (χ3n) is 5.12. The van der Waals surface area contributed by atoms with Crippen LogP contribution >= 0.6 is 0 Å². The van der Waals surface area contributed by atoms with Gasteiger partial charge >= 0.3 is 12.1 Å². The van der Waals surface area contributed by atoms with Crippen LogP contribution < -0.4 is 0 Å². The molecule has 0 spiro atoms. The van der Waals surface area contributed by atoms with Gasteiger partial charge in [-0.05, 0) is 17.7 Å². The molecule has 3 aromatic rings. The Kier molecular flexibility index (Phi) is 7.43. The number of ether oxygens (including phenoxy) is 1. The molecule has 0 N–H and O–H groups in total. The summed E-state index contributed by atoms with van der Waals surface area (Å²) < 4.78 is 44.5. The van der Waals surface area contributed by atoms with Gasteiger partial charge in [-0.2, -0.15) is 13.2 Å². The van der Waals surface area contributed by atoms with Gasteiger partial charge in [-0.25, -0.2) is 0 Å². The van der Waals surface area contributed by atoms with Crippen molar-refractivity contribution in [3.05, 3.63) is 107 Å². The minimum atomic E-state index is -4.54. The molecule has 0 fully saturated rings. The average Bonchev–Trinajstić information content (AvgIpc) is 2.81. The van der Waals surface area contributed by atoms with E-state index in [4.69, 9.17) is 4.74 Å². The van der Waals surface area contributed by atoms with E-state index in [0.29, 0.717) is 11.1 Å². The summed E-state index contributed by atoms with van der Waals surface area (Å²) in [4.78, 5) is 38.2. The summed E-state index contributed by atoms with van der Waals surface area (Å²) in [5.74, 6) is -2.67. The minimum Gasteiger partial charge on any atom is -0.457 e. The number of hydrogen-bond acceptors (Lipinski definition) is 4. The fourth-order valence-corrected chi connectivity index (χ4v) is 3.52. The van der Waals surface area contributed by atoms with E-state index in [1.807, 2.05) is 0 Å². The maximum absolute atomic E-state index is 13.4. The lowest BCUT2D eigenvalue weighted by molar-refractivity contribution is -0.148. The van der Waals surface area contributed by atoms with E-state index in [2.05, 4.69) is 0 Å². The first-order chi connectivity index (χ1) is 15.7. The van der Waals surface area contributed by atoms with Crippen molar-refractivity contribution in [3.63, 3.8) is 0 Å². The molecule has 0 saturated carbocycles. The van der Waals surface area contributed by atoms with Gasteiger partial charge in [-0.1, -0.05) is 72.8 Å². The van der Waals surface area contributed by atoms with E-state index in [9.17, 15) is 27.6 Å². The topological polar surface area (TPSA) is 60.4 Å². The predicted octanol–water partition coefficient (Wildman–Crippen LogP) is 6.08. The number of esters is 1. The van der Waals surface area contributed by atoms with Crippen molar-refractivity contribution in [1.82, 2.24) is 0 Å². The predicted molar refractivity (Wildman–Crippen MR) is 116 cm³/mol. The highest BCUT2D eigenvalue weighted by atomic mass is 19.4. The summed E-state index contributed by atoms with van der Waals surface area (Å²) in [5.41, 5.74) is -0.0164. The van der Waals surface area contributed by atoms with Crippen molar-refractivity contribution in [2.75, 3.05) is 0 Å². The van der Waals surface area contributed by atoms with Gasteiger partial charge in [0, 0.05) is 24.5 Å². The number of alkyl halides is 3. The molecule has 0 aliphatic heterocycles. The van der Waals surface area contributed by atoms with Crippen LogP contribution in [0.2, 0.25) is 0 Å². The second-order valence-corrected chi connectivity index (χ2v) is 7.48. The Balaban J connectivity index is 2.04. The van der Waals surface area contributed by atoms with Gasteiger partial charge in [-0.3, -0.25) is 14.4 Å². The Hall–Kier alpha value is -3.74. The highest BCUT2D eigenvalue weighted by Crippen LogP contribution is 2.35. The normalized spacial score (nSPS) is 13.1. The number of Topliss-reactive ketones (excluding diaryl/α,β-unsaturated/α-hetero) is 2. The van der Waals surface area contributed by atoms with Crippen LogP contribution in [-0.4, -0.2) is 17.5 Å². The first-order valence-corrected chi connectivity index (χ1v) is 10.2. The largest absolute Gasteiger partial charge is 0.457 e. The summed E-state index contributed by atoms with van der Waals surface area (Å²) in [6, 6.07) is 20.5. The van der Waals surface area contributed by atoms with E-state index >= 15 is 0 Å². The summed E-state index contributed by atoms with van der Waals surface area (Å²) in [6.45, 7) is 1.14. The standard InChI is InChI=1S/C26H21F3O4/c1-17(30)33-25(20-12-14-21(15-13-20)26(27,28)29)22(24(32)19-10-6-3-7-11-19)16-23(31)18-8-4-2-5-9-18/h2-15,22,25H,16H2,1H3. The van der Waals surface area contributed by atoms with Gasteiger partial charge in [0.1, 0.15) is 6.10 Å². The van der Waals surface area contributed by atoms with Crippen LogP contribution in [0.15, 0.2) is 84.9 Å². The molecule has 0 aromatic heterocycles. The lowest BCUT2D eigenvalue weighted by Gasteiger charge is -2.26. The maximum atomic E-state index is 13.4. The molecule has 170 valence electrons. The monoisotopic (exact) mass is 454 g/mol. The Labute approximate surface area is 189 Å². The number of rotatable bonds is 8. The molecular formula is C26H21F3O4. The molecule has 0 amide bonds. The van der Waals surface area contributed by atoms with E-state index in [0.717, 1.165) is 31.2 Å². The number of carbonyl (C=O) groups excluding carboxylic acids is 3. The molecular weight excluding hydrogens is 433 g/mol. The van der Waals surface area contributed by atoms with Crippen LogP contribution in [-0.2, 0) is 15.7 Å². The van der Waals surface area contributed by atoms with Gasteiger partial charge in [0.05, 0.1) is 11.5 Å². The van der Waals surface area contributed by atoms with Gasteiger partial charge in [-0.15, -0.1) is 0 Å². The molecule has 0 radical (unpaired) electrons.